The Kier molecular flexibility index (Phi) is 15.3. The van der Waals surface area contributed by atoms with E-state index in [0.717, 1.165) is 6.42 Å². The van der Waals surface area contributed by atoms with Gasteiger partial charge in [-0.1, -0.05) is 96.1 Å². The highest BCUT2D eigenvalue weighted by molar-refractivity contribution is 5.66. The highest BCUT2D eigenvalue weighted by Crippen LogP contribution is 2.16. The minimum absolute atomic E-state index is 0.246. The van der Waals surface area contributed by atoms with E-state index < -0.39 is 5.97 Å². The van der Waals surface area contributed by atoms with E-state index in [4.69, 9.17) is 5.11 Å². The lowest BCUT2D eigenvalue weighted by Crippen LogP contribution is -2.14. The van der Waals surface area contributed by atoms with Crippen LogP contribution in [0.3, 0.4) is 0 Å². The molecular formula is C26H45NO2. The van der Waals surface area contributed by atoms with E-state index in [1.807, 2.05) is 0 Å². The lowest BCUT2D eigenvalue weighted by molar-refractivity contribution is -0.137. The molecule has 0 amide bonds. The largest absolute Gasteiger partial charge is 0.481 e. The van der Waals surface area contributed by atoms with E-state index in [1.165, 1.54) is 94.7 Å². The Labute approximate surface area is 179 Å². The van der Waals surface area contributed by atoms with Crippen molar-refractivity contribution < 1.29 is 9.90 Å². The van der Waals surface area contributed by atoms with Crippen molar-refractivity contribution in [1.29, 1.82) is 0 Å². The van der Waals surface area contributed by atoms with Gasteiger partial charge in [-0.2, -0.15) is 0 Å². The fourth-order valence-corrected chi connectivity index (χ4v) is 3.86. The van der Waals surface area contributed by atoms with Crippen molar-refractivity contribution in [3.63, 3.8) is 0 Å². The van der Waals surface area contributed by atoms with Crippen molar-refractivity contribution >= 4 is 11.7 Å². The average molecular weight is 404 g/mol. The van der Waals surface area contributed by atoms with E-state index in [1.54, 1.807) is 0 Å². The average Bonchev–Trinajstić information content (AvgIpc) is 2.70. The molecule has 29 heavy (non-hydrogen) atoms. The summed E-state index contributed by atoms with van der Waals surface area (Å²) in [5.41, 5.74) is 2.38. The Hall–Kier alpha value is -1.51. The highest BCUT2D eigenvalue weighted by atomic mass is 16.4. The van der Waals surface area contributed by atoms with Gasteiger partial charge >= 0.3 is 5.97 Å². The lowest BCUT2D eigenvalue weighted by atomic mass is 10.0. The van der Waals surface area contributed by atoms with Gasteiger partial charge in [-0.15, -0.1) is 0 Å². The van der Waals surface area contributed by atoms with Crippen molar-refractivity contribution in [2.45, 2.75) is 123 Å². The number of nitrogens with one attached hydrogen (secondary N) is 1. The van der Waals surface area contributed by atoms with E-state index in [0.29, 0.717) is 12.5 Å². The summed E-state index contributed by atoms with van der Waals surface area (Å²) in [7, 11) is 0. The Morgan fingerprint density at radius 2 is 1.34 bits per heavy atom. The Morgan fingerprint density at radius 3 is 1.86 bits per heavy atom. The number of carbonyl (C=O) groups is 1. The molecule has 1 rings (SSSR count). The predicted molar refractivity (Wildman–Crippen MR) is 126 cm³/mol. The first kappa shape index (κ1) is 25.5. The summed E-state index contributed by atoms with van der Waals surface area (Å²) in [6.07, 6.45) is 19.8. The molecule has 0 aliphatic carbocycles. The number of carboxylic acid groups (broad SMARTS) is 1. The molecule has 1 unspecified atom stereocenters. The monoisotopic (exact) mass is 403 g/mol. The molecule has 1 aromatic rings. The Balaban J connectivity index is 1.98. The van der Waals surface area contributed by atoms with Crippen molar-refractivity contribution in [3.05, 3.63) is 29.8 Å². The number of unbranched alkanes of at least 4 members (excludes halogenated alkanes) is 11. The van der Waals surface area contributed by atoms with E-state index >= 15 is 0 Å². The molecule has 0 aliphatic rings. The van der Waals surface area contributed by atoms with Crippen LogP contribution < -0.4 is 5.32 Å². The summed E-state index contributed by atoms with van der Waals surface area (Å²) in [4.78, 5) is 10.6. The molecule has 0 fully saturated rings. The summed E-state index contributed by atoms with van der Waals surface area (Å²) >= 11 is 0. The van der Waals surface area contributed by atoms with E-state index in [9.17, 15) is 4.79 Å². The second-order valence-electron chi connectivity index (χ2n) is 8.67. The van der Waals surface area contributed by atoms with Gasteiger partial charge in [0.05, 0.1) is 0 Å². The standard InChI is InChI=1S/C26H45NO2/c1-3-4-5-6-7-8-9-10-11-12-13-14-16-23(2)27-25-21-19-24(20-22-25)17-15-18-26(28)29/h19-23,27H,3-18H2,1-2H3,(H,28,29). The number of carboxylic acids is 1. The third-order valence-electron chi connectivity index (χ3n) is 5.71. The lowest BCUT2D eigenvalue weighted by Gasteiger charge is -2.15. The third kappa shape index (κ3) is 15.1. The molecule has 0 saturated carbocycles. The SMILES string of the molecule is CCCCCCCCCCCCCCC(C)Nc1ccc(CCCC(=O)O)cc1. The smallest absolute Gasteiger partial charge is 0.303 e. The summed E-state index contributed by atoms with van der Waals surface area (Å²) in [5.74, 6) is -0.713. The van der Waals surface area contributed by atoms with Gasteiger partial charge in [-0.3, -0.25) is 4.79 Å². The molecule has 0 saturated heterocycles. The molecule has 0 radical (unpaired) electrons. The van der Waals surface area contributed by atoms with Crippen molar-refractivity contribution in [1.82, 2.24) is 0 Å². The van der Waals surface area contributed by atoms with Crippen molar-refractivity contribution in [2.24, 2.45) is 0 Å². The van der Waals surface area contributed by atoms with Gasteiger partial charge in [0.25, 0.3) is 0 Å². The summed E-state index contributed by atoms with van der Waals surface area (Å²) in [6.45, 7) is 4.54. The van der Waals surface area contributed by atoms with Crippen LogP contribution in [0.2, 0.25) is 0 Å². The fraction of sp³-hybridized carbons (Fsp3) is 0.731. The minimum Gasteiger partial charge on any atom is -0.481 e. The van der Waals surface area contributed by atoms with Crippen LogP contribution >= 0.6 is 0 Å². The van der Waals surface area contributed by atoms with Gasteiger partial charge in [0.15, 0.2) is 0 Å². The molecule has 2 N–H and O–H groups in total. The summed E-state index contributed by atoms with van der Waals surface area (Å²) < 4.78 is 0. The number of rotatable bonds is 19. The van der Waals surface area contributed by atoms with Crippen LogP contribution in [0.1, 0.15) is 116 Å². The normalized spacial score (nSPS) is 12.1. The zero-order valence-corrected chi connectivity index (χ0v) is 19.1. The van der Waals surface area contributed by atoms with Crippen LogP contribution in [0.4, 0.5) is 5.69 Å². The summed E-state index contributed by atoms with van der Waals surface area (Å²) in [6, 6.07) is 8.96. The molecule has 0 spiro atoms. The molecule has 166 valence electrons. The molecule has 0 aromatic heterocycles. The van der Waals surface area contributed by atoms with Gasteiger partial charge in [0, 0.05) is 18.2 Å². The number of anilines is 1. The first-order valence-corrected chi connectivity index (χ1v) is 12.2. The zero-order valence-electron chi connectivity index (χ0n) is 19.1. The number of hydrogen-bond acceptors (Lipinski definition) is 2. The van der Waals surface area contributed by atoms with Gasteiger partial charge in [-0.25, -0.2) is 0 Å². The van der Waals surface area contributed by atoms with Crippen LogP contribution in [-0.4, -0.2) is 17.1 Å². The van der Waals surface area contributed by atoms with Crippen LogP contribution in [0, 0.1) is 0 Å². The Morgan fingerprint density at radius 1 is 0.828 bits per heavy atom. The maximum absolute atomic E-state index is 10.6. The van der Waals surface area contributed by atoms with Crippen LogP contribution in [0.25, 0.3) is 0 Å². The molecule has 1 aromatic carbocycles. The number of hydrogen-bond donors (Lipinski definition) is 2. The van der Waals surface area contributed by atoms with Crippen LogP contribution in [0.15, 0.2) is 24.3 Å². The Bertz CT molecular complexity index is 512. The molecule has 0 bridgehead atoms. The van der Waals surface area contributed by atoms with Crippen LogP contribution in [-0.2, 0) is 11.2 Å². The number of aryl methyl sites for hydroxylation is 1. The first-order chi connectivity index (χ1) is 14.1. The van der Waals surface area contributed by atoms with E-state index in [2.05, 4.69) is 43.4 Å². The molecule has 3 heteroatoms. The van der Waals surface area contributed by atoms with Gasteiger partial charge < -0.3 is 10.4 Å². The van der Waals surface area contributed by atoms with Crippen LogP contribution in [0.5, 0.6) is 0 Å². The van der Waals surface area contributed by atoms with Crippen molar-refractivity contribution in [2.75, 3.05) is 5.32 Å². The third-order valence-corrected chi connectivity index (χ3v) is 5.71. The van der Waals surface area contributed by atoms with Gasteiger partial charge in [-0.05, 0) is 43.9 Å². The molecule has 3 nitrogen and oxygen atoms in total. The molecule has 0 aliphatic heterocycles. The minimum atomic E-state index is -0.713. The second kappa shape index (κ2) is 17.4. The van der Waals surface area contributed by atoms with Gasteiger partial charge in [0.2, 0.25) is 0 Å². The maximum Gasteiger partial charge on any atom is 0.303 e. The number of aliphatic carboxylic acids is 1. The van der Waals surface area contributed by atoms with Crippen molar-refractivity contribution in [3.8, 4) is 0 Å². The predicted octanol–water partition coefficient (Wildman–Crippen LogP) is 7.99. The van der Waals surface area contributed by atoms with E-state index in [-0.39, 0.29) is 6.42 Å². The second-order valence-corrected chi connectivity index (χ2v) is 8.67. The maximum atomic E-state index is 10.6. The fourth-order valence-electron chi connectivity index (χ4n) is 3.86. The molecule has 1 atom stereocenters. The topological polar surface area (TPSA) is 49.3 Å². The first-order valence-electron chi connectivity index (χ1n) is 12.2. The molecular weight excluding hydrogens is 358 g/mol. The number of benzene rings is 1. The molecule has 0 heterocycles. The highest BCUT2D eigenvalue weighted by Gasteiger charge is 2.03. The zero-order chi connectivity index (χ0) is 21.2. The quantitative estimate of drug-likeness (QED) is 0.230. The van der Waals surface area contributed by atoms with Gasteiger partial charge in [0.1, 0.15) is 0 Å². The summed E-state index contributed by atoms with van der Waals surface area (Å²) in [5, 5.41) is 12.3.